The molecule has 0 atom stereocenters. The molecule has 0 unspecified atom stereocenters. The van der Waals surface area contributed by atoms with Gasteiger partial charge in [0, 0.05) is 25.7 Å². The third kappa shape index (κ3) is 5.55. The van der Waals surface area contributed by atoms with Crippen LogP contribution in [-0.2, 0) is 4.79 Å². The smallest absolute Gasteiger partial charge is 0.314 e. The van der Waals surface area contributed by atoms with Crippen LogP contribution in [0.2, 0.25) is 0 Å². The lowest BCUT2D eigenvalue weighted by Crippen LogP contribution is -2.40. The summed E-state index contributed by atoms with van der Waals surface area (Å²) in [6.07, 6.45) is 2.46. The first-order valence-corrected chi connectivity index (χ1v) is 5.53. The highest BCUT2D eigenvalue weighted by molar-refractivity contribution is 5.74. The topological polar surface area (TPSA) is 81.7 Å². The maximum absolute atomic E-state index is 11.2. The van der Waals surface area contributed by atoms with Gasteiger partial charge in [0.15, 0.2) is 0 Å². The average Bonchev–Trinajstić information content (AvgIpc) is 2.99. The van der Waals surface area contributed by atoms with Crippen LogP contribution in [0.15, 0.2) is 0 Å². The summed E-state index contributed by atoms with van der Waals surface area (Å²) in [6.45, 7) is 1.59. The molecule has 1 aliphatic carbocycles. The molecule has 0 aromatic carbocycles. The van der Waals surface area contributed by atoms with E-state index in [1.165, 1.54) is 12.8 Å². The van der Waals surface area contributed by atoms with Gasteiger partial charge >= 0.3 is 12.0 Å². The minimum absolute atomic E-state index is 0.0462. The Hall–Kier alpha value is -1.30. The Morgan fingerprint density at radius 3 is 2.50 bits per heavy atom. The molecule has 2 amide bonds. The zero-order chi connectivity index (χ0) is 12.0. The van der Waals surface area contributed by atoms with E-state index in [1.54, 1.807) is 0 Å². The standard InChI is InChI=1S/C10H19N3O3/c1-13(8-2-3-8)7-6-12-10(16)11-5-4-9(14)15/h8H,2-7H2,1H3,(H,14,15)(H2,11,12,16). The van der Waals surface area contributed by atoms with E-state index in [0.717, 1.165) is 6.54 Å². The van der Waals surface area contributed by atoms with Gasteiger partial charge in [0.1, 0.15) is 0 Å². The van der Waals surface area contributed by atoms with Gasteiger partial charge < -0.3 is 20.6 Å². The van der Waals surface area contributed by atoms with Crippen LogP contribution in [0.4, 0.5) is 4.79 Å². The van der Waals surface area contributed by atoms with Gasteiger partial charge in [0.2, 0.25) is 0 Å². The van der Waals surface area contributed by atoms with Crippen molar-refractivity contribution in [2.45, 2.75) is 25.3 Å². The number of aliphatic carboxylic acids is 1. The van der Waals surface area contributed by atoms with Gasteiger partial charge in [-0.2, -0.15) is 0 Å². The van der Waals surface area contributed by atoms with Crippen LogP contribution in [0.3, 0.4) is 0 Å². The van der Waals surface area contributed by atoms with Crippen LogP contribution >= 0.6 is 0 Å². The average molecular weight is 229 g/mol. The van der Waals surface area contributed by atoms with Crippen LogP contribution in [0, 0.1) is 0 Å². The van der Waals surface area contributed by atoms with E-state index in [4.69, 9.17) is 5.11 Å². The van der Waals surface area contributed by atoms with Crippen LogP contribution in [-0.4, -0.2) is 54.7 Å². The molecular weight excluding hydrogens is 210 g/mol. The van der Waals surface area contributed by atoms with Gasteiger partial charge in [0.05, 0.1) is 6.42 Å². The van der Waals surface area contributed by atoms with Crippen LogP contribution in [0.25, 0.3) is 0 Å². The van der Waals surface area contributed by atoms with Crippen molar-refractivity contribution in [1.82, 2.24) is 15.5 Å². The van der Waals surface area contributed by atoms with Crippen molar-refractivity contribution in [3.8, 4) is 0 Å². The number of nitrogens with zero attached hydrogens (tertiary/aromatic N) is 1. The second-order valence-corrected chi connectivity index (χ2v) is 4.04. The Morgan fingerprint density at radius 2 is 1.94 bits per heavy atom. The number of carboxylic acid groups (broad SMARTS) is 1. The molecule has 0 aliphatic heterocycles. The van der Waals surface area contributed by atoms with Gasteiger partial charge in [0.25, 0.3) is 0 Å². The molecule has 0 heterocycles. The summed E-state index contributed by atoms with van der Waals surface area (Å²) in [7, 11) is 2.04. The molecule has 0 radical (unpaired) electrons. The van der Waals surface area contributed by atoms with E-state index in [0.29, 0.717) is 12.6 Å². The number of nitrogens with one attached hydrogen (secondary N) is 2. The maximum Gasteiger partial charge on any atom is 0.314 e. The van der Waals surface area contributed by atoms with E-state index >= 15 is 0 Å². The second kappa shape index (κ2) is 6.32. The number of carbonyl (C=O) groups is 2. The fourth-order valence-corrected chi connectivity index (χ4v) is 1.39. The van der Waals surface area contributed by atoms with Crippen LogP contribution in [0.1, 0.15) is 19.3 Å². The molecule has 1 saturated carbocycles. The Bertz CT molecular complexity index is 254. The molecule has 0 bridgehead atoms. The van der Waals surface area contributed by atoms with E-state index in [9.17, 15) is 9.59 Å². The summed E-state index contributed by atoms with van der Waals surface area (Å²) < 4.78 is 0. The fraction of sp³-hybridized carbons (Fsp3) is 0.800. The molecule has 92 valence electrons. The van der Waals surface area contributed by atoms with E-state index in [1.807, 2.05) is 7.05 Å². The molecule has 6 nitrogen and oxygen atoms in total. The summed E-state index contributed by atoms with van der Waals surface area (Å²) in [5.74, 6) is -0.909. The SMILES string of the molecule is CN(CCNC(=O)NCCC(=O)O)C1CC1. The largest absolute Gasteiger partial charge is 0.481 e. The zero-order valence-corrected chi connectivity index (χ0v) is 9.53. The van der Waals surface area contributed by atoms with Gasteiger partial charge in [-0.15, -0.1) is 0 Å². The molecule has 0 aromatic heterocycles. The van der Waals surface area contributed by atoms with E-state index in [2.05, 4.69) is 15.5 Å². The molecule has 6 heteroatoms. The maximum atomic E-state index is 11.2. The van der Waals surface area contributed by atoms with Crippen LogP contribution < -0.4 is 10.6 Å². The Morgan fingerprint density at radius 1 is 1.31 bits per heavy atom. The van der Waals surface area contributed by atoms with Crippen molar-refractivity contribution in [3.63, 3.8) is 0 Å². The summed E-state index contributed by atoms with van der Waals surface area (Å²) in [5, 5.41) is 13.5. The minimum atomic E-state index is -0.909. The Balaban J connectivity index is 1.94. The van der Waals surface area contributed by atoms with Crippen molar-refractivity contribution < 1.29 is 14.7 Å². The molecular formula is C10H19N3O3. The summed E-state index contributed by atoms with van der Waals surface area (Å²) in [4.78, 5) is 23.6. The number of likely N-dealkylation sites (N-methyl/N-ethyl adjacent to an activating group) is 1. The third-order valence-electron chi connectivity index (χ3n) is 2.54. The molecule has 0 saturated heterocycles. The third-order valence-corrected chi connectivity index (χ3v) is 2.54. The number of rotatable bonds is 7. The Labute approximate surface area is 95.0 Å². The van der Waals surface area contributed by atoms with Crippen molar-refractivity contribution in [2.24, 2.45) is 0 Å². The van der Waals surface area contributed by atoms with Crippen molar-refractivity contribution in [2.75, 3.05) is 26.7 Å². The Kier molecular flexibility index (Phi) is 5.04. The number of amides is 2. The first-order chi connectivity index (χ1) is 7.59. The number of urea groups is 1. The highest BCUT2D eigenvalue weighted by Gasteiger charge is 2.25. The van der Waals surface area contributed by atoms with Crippen molar-refractivity contribution >= 4 is 12.0 Å². The van der Waals surface area contributed by atoms with Gasteiger partial charge in [-0.05, 0) is 19.9 Å². The lowest BCUT2D eigenvalue weighted by atomic mass is 10.4. The zero-order valence-electron chi connectivity index (χ0n) is 9.53. The van der Waals surface area contributed by atoms with Gasteiger partial charge in [-0.25, -0.2) is 4.79 Å². The molecule has 3 N–H and O–H groups in total. The predicted octanol–water partition coefficient (Wildman–Crippen LogP) is -0.145. The minimum Gasteiger partial charge on any atom is -0.481 e. The van der Waals surface area contributed by atoms with Crippen molar-refractivity contribution in [3.05, 3.63) is 0 Å². The molecule has 0 spiro atoms. The first-order valence-electron chi connectivity index (χ1n) is 5.53. The quantitative estimate of drug-likeness (QED) is 0.567. The number of hydrogen-bond acceptors (Lipinski definition) is 3. The highest BCUT2D eigenvalue weighted by atomic mass is 16.4. The number of hydrogen-bond donors (Lipinski definition) is 3. The summed E-state index contributed by atoms with van der Waals surface area (Å²) in [5.41, 5.74) is 0. The number of carbonyl (C=O) groups excluding carboxylic acids is 1. The summed E-state index contributed by atoms with van der Waals surface area (Å²) in [6, 6.07) is 0.391. The molecule has 1 rings (SSSR count). The normalized spacial score (nSPS) is 14.9. The monoisotopic (exact) mass is 229 g/mol. The fourth-order valence-electron chi connectivity index (χ4n) is 1.39. The van der Waals surface area contributed by atoms with Crippen LogP contribution in [0.5, 0.6) is 0 Å². The molecule has 0 aromatic rings. The lowest BCUT2D eigenvalue weighted by molar-refractivity contribution is -0.136. The van der Waals surface area contributed by atoms with Gasteiger partial charge in [-0.3, -0.25) is 4.79 Å². The molecule has 1 aliphatic rings. The first kappa shape index (κ1) is 12.8. The molecule has 16 heavy (non-hydrogen) atoms. The highest BCUT2D eigenvalue weighted by Crippen LogP contribution is 2.24. The van der Waals surface area contributed by atoms with Gasteiger partial charge in [-0.1, -0.05) is 0 Å². The lowest BCUT2D eigenvalue weighted by Gasteiger charge is -2.15. The molecule has 1 fully saturated rings. The second-order valence-electron chi connectivity index (χ2n) is 4.04. The van der Waals surface area contributed by atoms with Crippen molar-refractivity contribution in [1.29, 1.82) is 0 Å². The van der Waals surface area contributed by atoms with E-state index < -0.39 is 5.97 Å². The predicted molar refractivity (Wildman–Crippen MR) is 59.3 cm³/mol. The van der Waals surface area contributed by atoms with E-state index in [-0.39, 0.29) is 19.0 Å². The number of carboxylic acids is 1. The summed E-state index contributed by atoms with van der Waals surface area (Å²) >= 11 is 0.